The molecular weight excluding hydrogens is 406 g/mol. The number of carbonyl (C=O) groups is 1. The van der Waals surface area contributed by atoms with Gasteiger partial charge in [0.15, 0.2) is 0 Å². The normalized spacial score (nSPS) is 15.4. The van der Waals surface area contributed by atoms with Crippen LogP contribution in [0.15, 0.2) is 10.5 Å². The molecule has 29 heavy (non-hydrogen) atoms. The van der Waals surface area contributed by atoms with E-state index in [0.29, 0.717) is 17.4 Å². The van der Waals surface area contributed by atoms with Crippen LogP contribution in [0.1, 0.15) is 27.7 Å². The minimum Gasteiger partial charge on any atom is -0.340 e. The van der Waals surface area contributed by atoms with Gasteiger partial charge in [-0.15, -0.1) is 16.4 Å². The first-order valence-corrected chi connectivity index (χ1v) is 11.7. The summed E-state index contributed by atoms with van der Waals surface area (Å²) >= 11 is 3.17. The standard InChI is InChI=1S/C19H25N7OS2/c1-12-16(13(2)26-18(20-12)22-19(23-26)28-4)9-17(27)25-7-5-24(6-8-25)10-15-11-29-14(3)21-15/h11H,5-10H2,1-4H3. The van der Waals surface area contributed by atoms with Crippen LogP contribution in [-0.4, -0.2) is 72.7 Å². The van der Waals surface area contributed by atoms with Gasteiger partial charge in [-0.2, -0.15) is 4.98 Å². The lowest BCUT2D eigenvalue weighted by Gasteiger charge is -2.34. The number of aromatic nitrogens is 5. The summed E-state index contributed by atoms with van der Waals surface area (Å²) in [6.07, 6.45) is 2.29. The third-order valence-corrected chi connectivity index (χ3v) is 6.68. The number of aryl methyl sites for hydroxylation is 3. The van der Waals surface area contributed by atoms with Gasteiger partial charge >= 0.3 is 0 Å². The van der Waals surface area contributed by atoms with Gasteiger partial charge in [0, 0.05) is 55.1 Å². The van der Waals surface area contributed by atoms with Crippen molar-refractivity contribution in [2.75, 3.05) is 32.4 Å². The van der Waals surface area contributed by atoms with Crippen LogP contribution in [0.4, 0.5) is 0 Å². The van der Waals surface area contributed by atoms with E-state index in [1.54, 1.807) is 15.9 Å². The van der Waals surface area contributed by atoms with Crippen LogP contribution in [0, 0.1) is 20.8 Å². The topological polar surface area (TPSA) is 79.5 Å². The smallest absolute Gasteiger partial charge is 0.253 e. The van der Waals surface area contributed by atoms with Crippen LogP contribution in [-0.2, 0) is 17.8 Å². The number of rotatable bonds is 5. The molecule has 0 unspecified atom stereocenters. The van der Waals surface area contributed by atoms with Crippen LogP contribution < -0.4 is 0 Å². The number of hydrogen-bond acceptors (Lipinski definition) is 8. The lowest BCUT2D eigenvalue weighted by molar-refractivity contribution is -0.132. The van der Waals surface area contributed by atoms with Crippen LogP contribution in [0.2, 0.25) is 0 Å². The maximum atomic E-state index is 13.0. The third kappa shape index (κ3) is 4.29. The van der Waals surface area contributed by atoms with Gasteiger partial charge in [-0.05, 0) is 27.0 Å². The third-order valence-electron chi connectivity index (χ3n) is 5.32. The summed E-state index contributed by atoms with van der Waals surface area (Å²) in [5.74, 6) is 0.734. The number of fused-ring (bicyclic) bond motifs is 1. The quantitative estimate of drug-likeness (QED) is 0.573. The van der Waals surface area contributed by atoms with Crippen molar-refractivity contribution in [3.8, 4) is 0 Å². The molecular formula is C19H25N7OS2. The first-order valence-electron chi connectivity index (χ1n) is 9.62. The molecule has 0 saturated carbocycles. The fourth-order valence-corrected chi connectivity index (χ4v) is 4.60. The Bertz CT molecular complexity index is 1040. The zero-order valence-corrected chi connectivity index (χ0v) is 18.8. The average molecular weight is 432 g/mol. The number of nitrogens with zero attached hydrogens (tertiary/aromatic N) is 7. The molecule has 1 aliphatic rings. The molecule has 0 radical (unpaired) electrons. The predicted molar refractivity (Wildman–Crippen MR) is 114 cm³/mol. The van der Waals surface area contributed by atoms with Gasteiger partial charge in [0.2, 0.25) is 11.1 Å². The van der Waals surface area contributed by atoms with Crippen LogP contribution in [0.5, 0.6) is 0 Å². The Hall–Kier alpha value is -2.04. The van der Waals surface area contributed by atoms with E-state index in [1.165, 1.54) is 11.8 Å². The number of carbonyl (C=O) groups excluding carboxylic acids is 1. The molecule has 1 amide bonds. The SMILES string of the molecule is CSc1nc2nc(C)c(CC(=O)N3CCN(Cc4csc(C)n4)CC3)c(C)n2n1. The van der Waals surface area contributed by atoms with E-state index in [-0.39, 0.29) is 5.91 Å². The van der Waals surface area contributed by atoms with Crippen LogP contribution in [0.25, 0.3) is 5.78 Å². The van der Waals surface area contributed by atoms with E-state index < -0.39 is 0 Å². The van der Waals surface area contributed by atoms with E-state index in [1.807, 2.05) is 31.9 Å². The highest BCUT2D eigenvalue weighted by Crippen LogP contribution is 2.19. The molecule has 1 saturated heterocycles. The largest absolute Gasteiger partial charge is 0.340 e. The van der Waals surface area contributed by atoms with Gasteiger partial charge in [-0.3, -0.25) is 9.69 Å². The summed E-state index contributed by atoms with van der Waals surface area (Å²) in [7, 11) is 0. The van der Waals surface area contributed by atoms with E-state index >= 15 is 0 Å². The molecule has 0 N–H and O–H groups in total. The molecule has 1 fully saturated rings. The first-order chi connectivity index (χ1) is 13.9. The maximum Gasteiger partial charge on any atom is 0.253 e. The lowest BCUT2D eigenvalue weighted by atomic mass is 10.1. The summed E-state index contributed by atoms with van der Waals surface area (Å²) in [6.45, 7) is 10.0. The van der Waals surface area contributed by atoms with Gasteiger partial charge in [0.1, 0.15) is 0 Å². The van der Waals surface area contributed by atoms with Crippen molar-refractivity contribution in [2.24, 2.45) is 0 Å². The molecule has 3 aromatic heterocycles. The first kappa shape index (κ1) is 20.2. The van der Waals surface area contributed by atoms with Gasteiger partial charge in [0.25, 0.3) is 5.78 Å². The second-order valence-corrected chi connectivity index (χ2v) is 9.10. The van der Waals surface area contributed by atoms with Crippen LogP contribution >= 0.6 is 23.1 Å². The van der Waals surface area contributed by atoms with Crippen molar-refractivity contribution in [1.82, 2.24) is 34.4 Å². The Morgan fingerprint density at radius 1 is 1.14 bits per heavy atom. The minimum atomic E-state index is 0.145. The summed E-state index contributed by atoms with van der Waals surface area (Å²) in [6, 6.07) is 0. The van der Waals surface area contributed by atoms with Crippen molar-refractivity contribution in [2.45, 2.75) is 38.9 Å². The average Bonchev–Trinajstić information content (AvgIpc) is 3.31. The lowest BCUT2D eigenvalue weighted by Crippen LogP contribution is -2.48. The Labute approximate surface area is 178 Å². The van der Waals surface area contributed by atoms with Gasteiger partial charge in [-0.1, -0.05) is 11.8 Å². The van der Waals surface area contributed by atoms with Gasteiger partial charge in [-0.25, -0.2) is 14.5 Å². The van der Waals surface area contributed by atoms with E-state index in [4.69, 9.17) is 0 Å². The monoisotopic (exact) mass is 431 g/mol. The molecule has 0 atom stereocenters. The minimum absolute atomic E-state index is 0.145. The Kier molecular flexibility index (Phi) is 5.84. The molecule has 8 nitrogen and oxygen atoms in total. The second kappa shape index (κ2) is 8.37. The Morgan fingerprint density at radius 2 is 1.90 bits per heavy atom. The molecule has 1 aliphatic heterocycles. The molecule has 4 rings (SSSR count). The van der Waals surface area contributed by atoms with Gasteiger partial charge < -0.3 is 4.90 Å². The molecule has 0 bridgehead atoms. The summed E-state index contributed by atoms with van der Waals surface area (Å²) in [5, 5.41) is 8.38. The zero-order chi connectivity index (χ0) is 20.5. The molecule has 3 aromatic rings. The van der Waals surface area contributed by atoms with Crippen molar-refractivity contribution in [1.29, 1.82) is 0 Å². The predicted octanol–water partition coefficient (Wildman–Crippen LogP) is 2.11. The zero-order valence-electron chi connectivity index (χ0n) is 17.2. The van der Waals surface area contributed by atoms with Crippen LogP contribution in [0.3, 0.4) is 0 Å². The number of hydrogen-bond donors (Lipinski definition) is 0. The second-order valence-electron chi connectivity index (χ2n) is 7.26. The highest BCUT2D eigenvalue weighted by atomic mass is 32.2. The Morgan fingerprint density at radius 3 is 2.55 bits per heavy atom. The van der Waals surface area contributed by atoms with Crippen molar-refractivity contribution >= 4 is 34.8 Å². The molecule has 0 spiro atoms. The molecule has 4 heterocycles. The highest BCUT2D eigenvalue weighted by molar-refractivity contribution is 7.98. The highest BCUT2D eigenvalue weighted by Gasteiger charge is 2.24. The summed E-state index contributed by atoms with van der Waals surface area (Å²) < 4.78 is 1.75. The molecule has 0 aliphatic carbocycles. The molecule has 10 heteroatoms. The Balaban J connectivity index is 1.41. The van der Waals surface area contributed by atoms with Crippen molar-refractivity contribution < 1.29 is 4.79 Å². The van der Waals surface area contributed by atoms with E-state index in [9.17, 15) is 4.79 Å². The number of thiazole rings is 1. The van der Waals surface area contributed by atoms with E-state index in [0.717, 1.165) is 60.4 Å². The summed E-state index contributed by atoms with van der Waals surface area (Å²) in [5.41, 5.74) is 3.85. The fourth-order valence-electron chi connectivity index (χ4n) is 3.66. The molecule has 154 valence electrons. The van der Waals surface area contributed by atoms with Crippen molar-refractivity contribution in [3.63, 3.8) is 0 Å². The number of piperazine rings is 1. The van der Waals surface area contributed by atoms with Gasteiger partial charge in [0.05, 0.1) is 17.1 Å². The number of amides is 1. The van der Waals surface area contributed by atoms with Crippen molar-refractivity contribution in [3.05, 3.63) is 33.0 Å². The van der Waals surface area contributed by atoms with E-state index in [2.05, 4.69) is 30.3 Å². The molecule has 0 aromatic carbocycles. The maximum absolute atomic E-state index is 13.0. The summed E-state index contributed by atoms with van der Waals surface area (Å²) in [4.78, 5) is 30.8. The fraction of sp³-hybridized carbons (Fsp3) is 0.526. The number of thioether (sulfide) groups is 1.